The van der Waals surface area contributed by atoms with Crippen LogP contribution in [0.3, 0.4) is 0 Å². The molecule has 0 radical (unpaired) electrons. The van der Waals surface area contributed by atoms with Crippen molar-refractivity contribution >= 4 is 10.0 Å². The second-order valence-electron chi connectivity index (χ2n) is 3.87. The summed E-state index contributed by atoms with van der Waals surface area (Å²) >= 11 is 0. The second-order valence-corrected chi connectivity index (χ2v) is 5.74. The Labute approximate surface area is 101 Å². The van der Waals surface area contributed by atoms with Crippen LogP contribution in [-0.4, -0.2) is 32.9 Å². The first-order valence-electron chi connectivity index (χ1n) is 5.53. The van der Waals surface area contributed by atoms with Crippen molar-refractivity contribution in [2.75, 3.05) is 20.1 Å². The van der Waals surface area contributed by atoms with Gasteiger partial charge in [-0.15, -0.1) is 0 Å². The van der Waals surface area contributed by atoms with Gasteiger partial charge in [0, 0.05) is 13.1 Å². The van der Waals surface area contributed by atoms with Crippen LogP contribution in [0, 0.1) is 0 Å². The maximum absolute atomic E-state index is 12.2. The highest BCUT2D eigenvalue weighted by Gasteiger charge is 2.27. The lowest BCUT2D eigenvalue weighted by Gasteiger charge is -2.21. The lowest BCUT2D eigenvalue weighted by Crippen LogP contribution is -2.33. The molecule has 2 heterocycles. The number of rotatable bonds is 4. The molecule has 0 unspecified atom stereocenters. The monoisotopic (exact) mass is 256 g/mol. The van der Waals surface area contributed by atoms with Gasteiger partial charge in [0.25, 0.3) is 10.0 Å². The van der Waals surface area contributed by atoms with Crippen molar-refractivity contribution in [3.8, 4) is 0 Å². The van der Waals surface area contributed by atoms with Gasteiger partial charge >= 0.3 is 0 Å². The molecule has 0 bridgehead atoms. The maximum Gasteiger partial charge on any atom is 0.276 e. The smallest absolute Gasteiger partial charge is 0.276 e. The van der Waals surface area contributed by atoms with E-state index in [0.29, 0.717) is 25.4 Å². The van der Waals surface area contributed by atoms with Gasteiger partial charge in [0.1, 0.15) is 5.76 Å². The standard InChI is InChI=1S/C11H16N2O3S/c1-12-9-10-5-6-11(16-10)17(14,15)13-7-3-2-4-8-13/h2-3,5-6,12H,4,7-9H2,1H3. The topological polar surface area (TPSA) is 62.6 Å². The summed E-state index contributed by atoms with van der Waals surface area (Å²) < 4.78 is 31.1. The highest BCUT2D eigenvalue weighted by molar-refractivity contribution is 7.89. The lowest BCUT2D eigenvalue weighted by molar-refractivity contribution is 0.374. The van der Waals surface area contributed by atoms with Crippen molar-refractivity contribution in [1.29, 1.82) is 0 Å². The Kier molecular flexibility index (Phi) is 3.66. The number of sulfonamides is 1. The zero-order valence-corrected chi connectivity index (χ0v) is 10.5. The van der Waals surface area contributed by atoms with E-state index in [1.54, 1.807) is 13.1 Å². The Morgan fingerprint density at radius 3 is 2.88 bits per heavy atom. The summed E-state index contributed by atoms with van der Waals surface area (Å²) in [6.07, 6.45) is 4.60. The van der Waals surface area contributed by atoms with Crippen LogP contribution in [0.1, 0.15) is 12.2 Å². The molecule has 1 aromatic rings. The van der Waals surface area contributed by atoms with Gasteiger partial charge < -0.3 is 9.73 Å². The molecule has 1 aliphatic rings. The van der Waals surface area contributed by atoms with Gasteiger partial charge in [0.15, 0.2) is 0 Å². The number of nitrogens with zero attached hydrogens (tertiary/aromatic N) is 1. The number of hydrogen-bond acceptors (Lipinski definition) is 4. The molecule has 2 rings (SSSR count). The van der Waals surface area contributed by atoms with E-state index in [2.05, 4.69) is 5.32 Å². The van der Waals surface area contributed by atoms with Gasteiger partial charge in [-0.25, -0.2) is 8.42 Å². The van der Waals surface area contributed by atoms with Gasteiger partial charge in [-0.2, -0.15) is 4.31 Å². The van der Waals surface area contributed by atoms with Crippen LogP contribution in [0.2, 0.25) is 0 Å². The number of hydrogen-bond donors (Lipinski definition) is 1. The van der Waals surface area contributed by atoms with Crippen molar-refractivity contribution in [1.82, 2.24) is 9.62 Å². The summed E-state index contributed by atoms with van der Waals surface area (Å²) in [7, 11) is -1.69. The summed E-state index contributed by atoms with van der Waals surface area (Å²) in [5.41, 5.74) is 0. The van der Waals surface area contributed by atoms with Crippen LogP contribution in [0.4, 0.5) is 0 Å². The van der Waals surface area contributed by atoms with E-state index in [0.717, 1.165) is 6.42 Å². The highest BCUT2D eigenvalue weighted by Crippen LogP contribution is 2.20. The van der Waals surface area contributed by atoms with Crippen LogP contribution in [0.25, 0.3) is 0 Å². The van der Waals surface area contributed by atoms with Crippen LogP contribution >= 0.6 is 0 Å². The van der Waals surface area contributed by atoms with Crippen LogP contribution in [-0.2, 0) is 16.6 Å². The third-order valence-electron chi connectivity index (χ3n) is 2.60. The zero-order chi connectivity index (χ0) is 12.3. The van der Waals surface area contributed by atoms with Crippen molar-refractivity contribution in [3.05, 3.63) is 30.0 Å². The van der Waals surface area contributed by atoms with E-state index in [1.165, 1.54) is 10.4 Å². The molecule has 0 aliphatic carbocycles. The average Bonchev–Trinajstić information content (AvgIpc) is 2.80. The van der Waals surface area contributed by atoms with E-state index in [4.69, 9.17) is 4.42 Å². The average molecular weight is 256 g/mol. The van der Waals surface area contributed by atoms with Gasteiger partial charge in [0.2, 0.25) is 5.09 Å². The molecule has 0 saturated carbocycles. The van der Waals surface area contributed by atoms with Crippen molar-refractivity contribution in [2.24, 2.45) is 0 Å². The molecule has 0 saturated heterocycles. The van der Waals surface area contributed by atoms with Gasteiger partial charge in [-0.05, 0) is 25.6 Å². The predicted octanol–water partition coefficient (Wildman–Crippen LogP) is 0.950. The quantitative estimate of drug-likeness (QED) is 0.815. The molecule has 5 nitrogen and oxygen atoms in total. The fourth-order valence-electron chi connectivity index (χ4n) is 1.73. The normalized spacial score (nSPS) is 17.5. The summed E-state index contributed by atoms with van der Waals surface area (Å²) in [5, 5.41) is 2.94. The minimum atomic E-state index is -3.47. The van der Waals surface area contributed by atoms with Gasteiger partial charge in [0.05, 0.1) is 6.54 Å². The third kappa shape index (κ3) is 2.59. The predicted molar refractivity (Wildman–Crippen MR) is 64.0 cm³/mol. The SMILES string of the molecule is CNCc1ccc(S(=O)(=O)N2CC=CCC2)o1. The summed E-state index contributed by atoms with van der Waals surface area (Å²) in [5.74, 6) is 0.624. The molecule has 17 heavy (non-hydrogen) atoms. The molecule has 94 valence electrons. The minimum absolute atomic E-state index is 0.0260. The number of nitrogens with one attached hydrogen (secondary N) is 1. The van der Waals surface area contributed by atoms with E-state index in [1.807, 2.05) is 12.2 Å². The van der Waals surface area contributed by atoms with Crippen LogP contribution < -0.4 is 5.32 Å². The molecular weight excluding hydrogens is 240 g/mol. The Morgan fingerprint density at radius 1 is 1.41 bits per heavy atom. The fourth-order valence-corrected chi connectivity index (χ4v) is 3.07. The molecular formula is C11H16N2O3S. The molecule has 0 atom stereocenters. The summed E-state index contributed by atoms with van der Waals surface area (Å²) in [6.45, 7) is 1.46. The van der Waals surface area contributed by atoms with E-state index >= 15 is 0 Å². The second kappa shape index (κ2) is 5.03. The lowest BCUT2D eigenvalue weighted by atomic mass is 10.3. The Hall–Kier alpha value is -1.11. The first-order valence-corrected chi connectivity index (χ1v) is 6.97. The highest BCUT2D eigenvalue weighted by atomic mass is 32.2. The summed E-state index contributed by atoms with van der Waals surface area (Å²) in [6, 6.07) is 3.20. The fraction of sp³-hybridized carbons (Fsp3) is 0.455. The Morgan fingerprint density at radius 2 is 2.24 bits per heavy atom. The molecule has 0 aromatic carbocycles. The van der Waals surface area contributed by atoms with Crippen molar-refractivity contribution in [3.63, 3.8) is 0 Å². The first-order chi connectivity index (χ1) is 8.14. The first kappa shape index (κ1) is 12.3. The Bertz CT molecular complexity index is 505. The zero-order valence-electron chi connectivity index (χ0n) is 9.72. The van der Waals surface area contributed by atoms with Crippen molar-refractivity contribution < 1.29 is 12.8 Å². The van der Waals surface area contributed by atoms with E-state index < -0.39 is 10.0 Å². The molecule has 0 spiro atoms. The molecule has 0 amide bonds. The number of furan rings is 1. The van der Waals surface area contributed by atoms with Crippen molar-refractivity contribution in [2.45, 2.75) is 18.1 Å². The van der Waals surface area contributed by atoms with E-state index in [9.17, 15) is 8.42 Å². The minimum Gasteiger partial charge on any atom is -0.447 e. The molecule has 1 N–H and O–H groups in total. The van der Waals surface area contributed by atoms with E-state index in [-0.39, 0.29) is 5.09 Å². The molecule has 1 aromatic heterocycles. The van der Waals surface area contributed by atoms with Crippen LogP contribution in [0.5, 0.6) is 0 Å². The molecule has 0 fully saturated rings. The maximum atomic E-state index is 12.2. The van der Waals surface area contributed by atoms with Gasteiger partial charge in [-0.1, -0.05) is 12.2 Å². The molecule has 6 heteroatoms. The Balaban J connectivity index is 2.21. The van der Waals surface area contributed by atoms with Crippen LogP contribution in [0.15, 0.2) is 33.8 Å². The third-order valence-corrected chi connectivity index (χ3v) is 4.34. The molecule has 1 aliphatic heterocycles. The van der Waals surface area contributed by atoms with Gasteiger partial charge in [-0.3, -0.25) is 0 Å². The largest absolute Gasteiger partial charge is 0.447 e. The summed E-state index contributed by atoms with van der Waals surface area (Å²) in [4.78, 5) is 0.